The van der Waals surface area contributed by atoms with E-state index < -0.39 is 0 Å². The summed E-state index contributed by atoms with van der Waals surface area (Å²) in [6.07, 6.45) is 2.89. The molecule has 0 aromatic carbocycles. The number of β-amino-alcohol motifs (C(OH)–C–C–N with tert-alkyl or cyclic N) is 1. The molecule has 3 aliphatic rings. The van der Waals surface area contributed by atoms with E-state index in [1.807, 2.05) is 11.8 Å². The lowest BCUT2D eigenvalue weighted by Crippen LogP contribution is -2.51. The molecule has 120 valence electrons. The lowest BCUT2D eigenvalue weighted by molar-refractivity contribution is 0.0852. The molecule has 1 aromatic heterocycles. The Kier molecular flexibility index (Phi) is 3.88. The lowest BCUT2D eigenvalue weighted by Gasteiger charge is -2.37. The van der Waals surface area contributed by atoms with Crippen LogP contribution in [-0.4, -0.2) is 66.3 Å². The lowest BCUT2D eigenvalue weighted by atomic mass is 10.1. The van der Waals surface area contributed by atoms with Gasteiger partial charge in [-0.3, -0.25) is 0 Å². The van der Waals surface area contributed by atoms with Crippen LogP contribution in [0.4, 0.5) is 11.8 Å². The summed E-state index contributed by atoms with van der Waals surface area (Å²) in [5.74, 6) is 2.93. The Balaban J connectivity index is 1.64. The molecule has 2 fully saturated rings. The number of hydrogen-bond donors (Lipinski definition) is 1. The summed E-state index contributed by atoms with van der Waals surface area (Å²) in [5, 5.41) is 9.53. The van der Waals surface area contributed by atoms with Crippen LogP contribution in [0.5, 0.6) is 0 Å². The number of aryl methyl sites for hydroxylation is 1. The summed E-state index contributed by atoms with van der Waals surface area (Å²) in [5.41, 5.74) is 1.17. The van der Waals surface area contributed by atoms with Gasteiger partial charge in [0.25, 0.3) is 0 Å². The van der Waals surface area contributed by atoms with Crippen LogP contribution in [0.3, 0.4) is 0 Å². The highest BCUT2D eigenvalue weighted by molar-refractivity contribution is 7.99. The molecule has 0 unspecified atom stereocenters. The average molecular weight is 322 g/mol. The second-order valence-corrected chi connectivity index (χ2v) is 7.34. The first kappa shape index (κ1) is 14.5. The van der Waals surface area contributed by atoms with Gasteiger partial charge in [-0.25, -0.2) is 4.98 Å². The second-order valence-electron chi connectivity index (χ2n) is 6.23. The summed E-state index contributed by atoms with van der Waals surface area (Å²) in [6, 6.07) is 0.490. The third kappa shape index (κ3) is 2.55. The van der Waals surface area contributed by atoms with Gasteiger partial charge in [0.1, 0.15) is 5.82 Å². The Hall–Kier alpha value is -1.05. The van der Waals surface area contributed by atoms with Crippen LogP contribution in [0, 0.1) is 0 Å². The van der Waals surface area contributed by atoms with Gasteiger partial charge in [0.05, 0.1) is 16.7 Å². The Morgan fingerprint density at radius 1 is 1.27 bits per heavy atom. The first-order valence-corrected chi connectivity index (χ1v) is 8.98. The highest BCUT2D eigenvalue weighted by atomic mass is 32.2. The average Bonchev–Trinajstić information content (AvgIpc) is 2.99. The van der Waals surface area contributed by atoms with Gasteiger partial charge in [-0.1, -0.05) is 0 Å². The van der Waals surface area contributed by atoms with Crippen LogP contribution in [0.1, 0.15) is 18.5 Å². The van der Waals surface area contributed by atoms with Crippen molar-refractivity contribution in [2.45, 2.75) is 36.3 Å². The van der Waals surface area contributed by atoms with Gasteiger partial charge >= 0.3 is 0 Å². The summed E-state index contributed by atoms with van der Waals surface area (Å²) < 4.78 is 5.48. The van der Waals surface area contributed by atoms with E-state index in [1.165, 1.54) is 10.6 Å². The Labute approximate surface area is 134 Å². The molecule has 3 aliphatic heterocycles. The number of hydrogen-bond acceptors (Lipinski definition) is 7. The van der Waals surface area contributed by atoms with E-state index in [-0.39, 0.29) is 6.10 Å². The minimum atomic E-state index is -0.233. The van der Waals surface area contributed by atoms with Gasteiger partial charge in [0.2, 0.25) is 5.95 Å². The van der Waals surface area contributed by atoms with Gasteiger partial charge in [-0.05, 0) is 12.8 Å². The van der Waals surface area contributed by atoms with Crippen molar-refractivity contribution in [3.05, 3.63) is 5.69 Å². The van der Waals surface area contributed by atoms with E-state index in [9.17, 15) is 5.11 Å². The van der Waals surface area contributed by atoms with Crippen molar-refractivity contribution in [1.82, 2.24) is 9.97 Å². The quantitative estimate of drug-likeness (QED) is 0.888. The maximum atomic E-state index is 9.53. The van der Waals surface area contributed by atoms with E-state index in [2.05, 4.69) is 16.8 Å². The molecule has 0 bridgehead atoms. The fourth-order valence-electron chi connectivity index (χ4n) is 3.28. The third-order valence-corrected chi connectivity index (χ3v) is 5.82. The topological polar surface area (TPSA) is 61.7 Å². The van der Waals surface area contributed by atoms with Crippen LogP contribution in [-0.2, 0) is 11.2 Å². The molecule has 0 radical (unpaired) electrons. The molecular formula is C15H22N4O2S. The molecule has 4 heterocycles. The Morgan fingerprint density at radius 3 is 2.77 bits per heavy atom. The van der Waals surface area contributed by atoms with E-state index in [1.54, 1.807) is 0 Å². The number of aromatic nitrogens is 2. The molecule has 0 amide bonds. The van der Waals surface area contributed by atoms with E-state index >= 15 is 0 Å². The van der Waals surface area contributed by atoms with Crippen molar-refractivity contribution in [3.63, 3.8) is 0 Å². The van der Waals surface area contributed by atoms with Crippen molar-refractivity contribution >= 4 is 23.5 Å². The van der Waals surface area contributed by atoms with Gasteiger partial charge in [-0.15, -0.1) is 11.8 Å². The van der Waals surface area contributed by atoms with Crippen LogP contribution in [0.15, 0.2) is 4.90 Å². The molecule has 1 N–H and O–H groups in total. The van der Waals surface area contributed by atoms with Crippen molar-refractivity contribution in [3.8, 4) is 0 Å². The zero-order valence-electron chi connectivity index (χ0n) is 12.9. The second kappa shape index (κ2) is 5.86. The number of anilines is 2. The predicted octanol–water partition coefficient (Wildman–Crippen LogP) is 0.921. The van der Waals surface area contributed by atoms with Crippen molar-refractivity contribution in [2.75, 3.05) is 48.9 Å². The van der Waals surface area contributed by atoms with Gasteiger partial charge in [0, 0.05) is 51.6 Å². The summed E-state index contributed by atoms with van der Waals surface area (Å²) in [4.78, 5) is 15.2. The minimum absolute atomic E-state index is 0.233. The van der Waals surface area contributed by atoms with Crippen LogP contribution in [0.25, 0.3) is 0 Å². The van der Waals surface area contributed by atoms with Crippen LogP contribution >= 0.6 is 11.8 Å². The number of fused-ring (bicyclic) bond motifs is 1. The molecule has 22 heavy (non-hydrogen) atoms. The van der Waals surface area contributed by atoms with E-state index in [4.69, 9.17) is 14.7 Å². The molecular weight excluding hydrogens is 300 g/mol. The van der Waals surface area contributed by atoms with Crippen LogP contribution in [0.2, 0.25) is 0 Å². The largest absolute Gasteiger partial charge is 0.389 e. The number of aliphatic hydroxyl groups excluding tert-OH is 1. The summed E-state index contributed by atoms with van der Waals surface area (Å²) in [6.45, 7) is 2.96. The summed E-state index contributed by atoms with van der Waals surface area (Å²) in [7, 11) is 2.15. The molecule has 0 spiro atoms. The molecule has 6 nitrogen and oxygen atoms in total. The maximum absolute atomic E-state index is 9.53. The highest BCUT2D eigenvalue weighted by Gasteiger charge is 2.31. The molecule has 7 heteroatoms. The Morgan fingerprint density at radius 2 is 2.05 bits per heavy atom. The molecule has 1 aromatic rings. The maximum Gasteiger partial charge on any atom is 0.227 e. The first-order valence-electron chi connectivity index (χ1n) is 7.99. The van der Waals surface area contributed by atoms with Gasteiger partial charge in [0.15, 0.2) is 0 Å². The van der Waals surface area contributed by atoms with Gasteiger partial charge < -0.3 is 19.6 Å². The zero-order chi connectivity index (χ0) is 15.1. The highest BCUT2D eigenvalue weighted by Crippen LogP contribution is 2.39. The SMILES string of the molecule is CN(c1nc(N2CC(O)C2)nc2c1SCC2)C1CCOCC1. The standard InChI is InChI=1S/C15H22N4O2S/c1-18(10-2-5-21-6-3-10)14-13-12(4-7-22-13)16-15(17-14)19-8-11(20)9-19/h10-11,20H,2-9H2,1H3. The molecule has 0 atom stereocenters. The van der Waals surface area contributed by atoms with Crippen molar-refractivity contribution < 1.29 is 9.84 Å². The minimum Gasteiger partial charge on any atom is -0.389 e. The van der Waals surface area contributed by atoms with Crippen molar-refractivity contribution in [1.29, 1.82) is 0 Å². The number of thioether (sulfide) groups is 1. The third-order valence-electron chi connectivity index (χ3n) is 4.71. The number of ether oxygens (including phenoxy) is 1. The molecule has 2 saturated heterocycles. The van der Waals surface area contributed by atoms with E-state index in [0.717, 1.165) is 50.0 Å². The number of rotatable bonds is 3. The van der Waals surface area contributed by atoms with Crippen LogP contribution < -0.4 is 9.80 Å². The molecule has 4 rings (SSSR count). The van der Waals surface area contributed by atoms with Crippen molar-refractivity contribution in [2.24, 2.45) is 0 Å². The smallest absolute Gasteiger partial charge is 0.227 e. The number of nitrogens with zero attached hydrogens (tertiary/aromatic N) is 4. The zero-order valence-corrected chi connectivity index (χ0v) is 13.7. The fourth-order valence-corrected chi connectivity index (χ4v) is 4.42. The first-order chi connectivity index (χ1) is 10.7. The van der Waals surface area contributed by atoms with E-state index in [0.29, 0.717) is 19.1 Å². The predicted molar refractivity (Wildman–Crippen MR) is 86.9 cm³/mol. The monoisotopic (exact) mass is 322 g/mol. The molecule has 0 aliphatic carbocycles. The summed E-state index contributed by atoms with van der Waals surface area (Å²) >= 11 is 1.87. The molecule has 0 saturated carbocycles. The van der Waals surface area contributed by atoms with Gasteiger partial charge in [-0.2, -0.15) is 4.98 Å². The fraction of sp³-hybridized carbons (Fsp3) is 0.733. The Bertz CT molecular complexity index is 559. The normalized spacial score (nSPS) is 22.5. The number of aliphatic hydroxyl groups is 1.